The predicted octanol–water partition coefficient (Wildman–Crippen LogP) is 8.12. The lowest BCUT2D eigenvalue weighted by molar-refractivity contribution is -0.660. The molecule has 2 nitrogen and oxygen atoms in total. The van der Waals surface area contributed by atoms with Gasteiger partial charge in [0.05, 0.1) is 5.56 Å². The van der Waals surface area contributed by atoms with Crippen LogP contribution in [0.4, 0.5) is 0 Å². The van der Waals surface area contributed by atoms with E-state index in [0.29, 0.717) is 5.92 Å². The Morgan fingerprint density at radius 1 is 0.794 bits per heavy atom. The molecule has 0 aliphatic heterocycles. The van der Waals surface area contributed by atoms with E-state index >= 15 is 0 Å². The van der Waals surface area contributed by atoms with Gasteiger partial charge in [-0.05, 0) is 47.6 Å². The van der Waals surface area contributed by atoms with E-state index in [9.17, 15) is 0 Å². The Kier molecular flexibility index (Phi) is 4.39. The van der Waals surface area contributed by atoms with Crippen LogP contribution in [-0.2, 0) is 12.5 Å². The number of hydrogen-bond acceptors (Lipinski definition) is 1. The Morgan fingerprint density at radius 2 is 1.47 bits per heavy atom. The summed E-state index contributed by atoms with van der Waals surface area (Å²) >= 11 is 0. The second-order valence-electron chi connectivity index (χ2n) is 10.8. The van der Waals surface area contributed by atoms with Crippen molar-refractivity contribution < 1.29 is 8.98 Å². The highest BCUT2D eigenvalue weighted by Crippen LogP contribution is 2.52. The van der Waals surface area contributed by atoms with Crippen molar-refractivity contribution in [2.24, 2.45) is 7.05 Å². The lowest BCUT2D eigenvalue weighted by atomic mass is 9.82. The lowest BCUT2D eigenvalue weighted by Crippen LogP contribution is -2.32. The van der Waals surface area contributed by atoms with Crippen molar-refractivity contribution in [2.45, 2.75) is 52.9 Å². The van der Waals surface area contributed by atoms with Crippen molar-refractivity contribution in [3.05, 3.63) is 88.6 Å². The average molecular weight is 447 g/mol. The fraction of sp³-hybridized carbons (Fsp3) is 0.281. The van der Waals surface area contributed by atoms with E-state index in [0.717, 1.165) is 11.2 Å². The maximum Gasteiger partial charge on any atom is 0.216 e. The number of aryl methyl sites for hydroxylation is 3. The molecular formula is C32H32NO+. The van der Waals surface area contributed by atoms with Crippen LogP contribution < -0.4 is 4.57 Å². The van der Waals surface area contributed by atoms with E-state index in [1.807, 2.05) is 0 Å². The van der Waals surface area contributed by atoms with Crippen LogP contribution in [0.2, 0.25) is 0 Å². The molecule has 1 aliphatic rings. The molecule has 0 saturated heterocycles. The second-order valence-corrected chi connectivity index (χ2v) is 10.8. The lowest BCUT2D eigenvalue weighted by Gasteiger charge is -2.21. The minimum absolute atomic E-state index is 0.0337. The molecule has 1 aliphatic carbocycles. The van der Waals surface area contributed by atoms with Crippen LogP contribution in [0, 0.1) is 13.8 Å². The van der Waals surface area contributed by atoms with Crippen molar-refractivity contribution in [3.8, 4) is 22.4 Å². The van der Waals surface area contributed by atoms with Gasteiger partial charge in [-0.2, -0.15) is 0 Å². The SMILES string of the molecule is Cc1cc(-c2c(C)ccc3c2oc2c4c(ccc23)C(C)(C)c2ccccc2-4)[n+](C)cc1C(C)C. The van der Waals surface area contributed by atoms with Crippen LogP contribution >= 0.6 is 0 Å². The Labute approximate surface area is 201 Å². The fourth-order valence-corrected chi connectivity index (χ4v) is 6.12. The van der Waals surface area contributed by atoms with Gasteiger partial charge in [0, 0.05) is 33.4 Å². The van der Waals surface area contributed by atoms with Crippen LogP contribution in [0.15, 0.2) is 65.2 Å². The highest BCUT2D eigenvalue weighted by atomic mass is 16.3. The van der Waals surface area contributed by atoms with Crippen molar-refractivity contribution in [1.82, 2.24) is 0 Å². The summed E-state index contributed by atoms with van der Waals surface area (Å²) in [5.74, 6) is 0.495. The third-order valence-corrected chi connectivity index (χ3v) is 7.96. The standard InChI is InChI=1S/C32H32NO/c1-18(2)24-17-33(7)27(16-20(24)4)28-19(3)12-13-21-22-14-15-26-29(31(22)34-30(21)28)23-10-8-9-11-25(23)32(26,5)6/h8-18H,1-7H3/q+1. The van der Waals surface area contributed by atoms with Crippen molar-refractivity contribution in [2.75, 3.05) is 0 Å². The van der Waals surface area contributed by atoms with Gasteiger partial charge in [-0.3, -0.25) is 0 Å². The molecule has 6 rings (SSSR count). The van der Waals surface area contributed by atoms with Crippen LogP contribution in [0.1, 0.15) is 61.4 Å². The number of pyridine rings is 1. The van der Waals surface area contributed by atoms with Crippen molar-refractivity contribution in [1.29, 1.82) is 0 Å². The molecule has 0 amide bonds. The van der Waals surface area contributed by atoms with E-state index in [2.05, 4.69) is 114 Å². The molecule has 0 radical (unpaired) electrons. The van der Waals surface area contributed by atoms with Crippen LogP contribution in [0.5, 0.6) is 0 Å². The molecular weight excluding hydrogens is 414 g/mol. The highest BCUT2D eigenvalue weighted by Gasteiger charge is 2.37. The first-order valence-corrected chi connectivity index (χ1v) is 12.3. The molecule has 0 N–H and O–H groups in total. The van der Waals surface area contributed by atoms with E-state index < -0.39 is 0 Å². The molecule has 34 heavy (non-hydrogen) atoms. The predicted molar refractivity (Wildman–Crippen MR) is 141 cm³/mol. The third-order valence-electron chi connectivity index (χ3n) is 7.96. The van der Waals surface area contributed by atoms with Gasteiger partial charge < -0.3 is 4.42 Å². The molecule has 0 bridgehead atoms. The Hall–Kier alpha value is -3.39. The topological polar surface area (TPSA) is 17.0 Å². The Balaban J connectivity index is 1.70. The van der Waals surface area contributed by atoms with Crippen molar-refractivity contribution >= 4 is 21.9 Å². The highest BCUT2D eigenvalue weighted by molar-refractivity contribution is 6.14. The van der Waals surface area contributed by atoms with Crippen LogP contribution in [-0.4, -0.2) is 0 Å². The first kappa shape index (κ1) is 21.2. The molecule has 5 aromatic rings. The van der Waals surface area contributed by atoms with E-state index in [4.69, 9.17) is 4.42 Å². The largest absolute Gasteiger partial charge is 0.454 e. The van der Waals surface area contributed by atoms with Crippen LogP contribution in [0.3, 0.4) is 0 Å². The molecule has 3 aromatic carbocycles. The maximum absolute atomic E-state index is 6.87. The van der Waals surface area contributed by atoms with Gasteiger partial charge in [0.15, 0.2) is 6.20 Å². The number of aromatic nitrogens is 1. The van der Waals surface area contributed by atoms with Gasteiger partial charge in [-0.25, -0.2) is 4.57 Å². The second kappa shape index (κ2) is 7.06. The zero-order valence-corrected chi connectivity index (χ0v) is 21.2. The molecule has 0 fully saturated rings. The zero-order valence-electron chi connectivity index (χ0n) is 21.2. The summed E-state index contributed by atoms with van der Waals surface area (Å²) in [6.07, 6.45) is 2.28. The normalized spacial score (nSPS) is 14.2. The number of nitrogens with zero attached hydrogens (tertiary/aromatic N) is 1. The average Bonchev–Trinajstić information content (AvgIpc) is 3.28. The van der Waals surface area contributed by atoms with E-state index in [1.54, 1.807) is 0 Å². The summed E-state index contributed by atoms with van der Waals surface area (Å²) in [7, 11) is 2.15. The molecule has 170 valence electrons. The van der Waals surface area contributed by atoms with E-state index in [-0.39, 0.29) is 5.41 Å². The van der Waals surface area contributed by atoms with Gasteiger partial charge in [-0.1, -0.05) is 76.2 Å². The molecule has 2 heterocycles. The number of hydrogen-bond donors (Lipinski definition) is 0. The van der Waals surface area contributed by atoms with Gasteiger partial charge in [-0.15, -0.1) is 0 Å². The van der Waals surface area contributed by atoms with Gasteiger partial charge in [0.25, 0.3) is 0 Å². The molecule has 0 saturated carbocycles. The first-order chi connectivity index (χ1) is 16.2. The summed E-state index contributed by atoms with van der Waals surface area (Å²) in [4.78, 5) is 0. The Morgan fingerprint density at radius 3 is 2.21 bits per heavy atom. The minimum Gasteiger partial charge on any atom is -0.454 e. The number of fused-ring (bicyclic) bond motifs is 7. The van der Waals surface area contributed by atoms with Gasteiger partial charge in [0.1, 0.15) is 18.2 Å². The number of benzene rings is 3. The summed E-state index contributed by atoms with van der Waals surface area (Å²) < 4.78 is 9.14. The monoisotopic (exact) mass is 446 g/mol. The molecule has 0 unspecified atom stereocenters. The molecule has 0 spiro atoms. The fourth-order valence-electron chi connectivity index (χ4n) is 6.12. The first-order valence-electron chi connectivity index (χ1n) is 12.3. The summed E-state index contributed by atoms with van der Waals surface area (Å²) in [5.41, 5.74) is 13.6. The molecule has 0 atom stereocenters. The molecule has 2 heteroatoms. The van der Waals surface area contributed by atoms with Crippen molar-refractivity contribution in [3.63, 3.8) is 0 Å². The summed E-state index contributed by atoms with van der Waals surface area (Å²) in [5, 5.41) is 2.38. The minimum atomic E-state index is -0.0337. The summed E-state index contributed by atoms with van der Waals surface area (Å²) in [6, 6.07) is 20.2. The van der Waals surface area contributed by atoms with Gasteiger partial charge >= 0.3 is 0 Å². The Bertz CT molecular complexity index is 1630. The number of rotatable bonds is 2. The van der Waals surface area contributed by atoms with E-state index in [1.165, 1.54) is 61.0 Å². The van der Waals surface area contributed by atoms with Gasteiger partial charge in [0.2, 0.25) is 5.69 Å². The zero-order chi connectivity index (χ0) is 23.9. The smallest absolute Gasteiger partial charge is 0.216 e. The number of furan rings is 1. The quantitative estimate of drug-likeness (QED) is 0.250. The maximum atomic E-state index is 6.87. The third kappa shape index (κ3) is 2.72. The molecule has 2 aromatic heterocycles. The summed E-state index contributed by atoms with van der Waals surface area (Å²) in [6.45, 7) is 13.6. The van der Waals surface area contributed by atoms with Crippen LogP contribution in [0.25, 0.3) is 44.3 Å².